The van der Waals surface area contributed by atoms with Gasteiger partial charge in [0.15, 0.2) is 16.7 Å². The fourth-order valence-electron chi connectivity index (χ4n) is 3.63. The highest BCUT2D eigenvalue weighted by atomic mass is 28.4. The summed E-state index contributed by atoms with van der Waals surface area (Å²) in [6, 6.07) is 5.46. The van der Waals surface area contributed by atoms with Crippen LogP contribution in [0.4, 0.5) is 0 Å². The summed E-state index contributed by atoms with van der Waals surface area (Å²) in [5.74, 6) is 0. The molecule has 0 amide bonds. The van der Waals surface area contributed by atoms with Gasteiger partial charge >= 0.3 is 8.80 Å². The molecule has 1 rings (SSSR count). The fraction of sp³-hybridized carbons (Fsp3) is 0.882. The third-order valence-corrected chi connectivity index (χ3v) is 23.2. The Bertz CT molecular complexity index is 476. The van der Waals surface area contributed by atoms with Crippen LogP contribution in [0.5, 0.6) is 0 Å². The van der Waals surface area contributed by atoms with Crippen molar-refractivity contribution in [2.45, 2.75) is 69.3 Å². The summed E-state index contributed by atoms with van der Waals surface area (Å²) in [5.41, 5.74) is 2.24. The topological polar surface area (TPSA) is 61.0 Å². The van der Waals surface area contributed by atoms with Crippen molar-refractivity contribution < 1.29 is 17.4 Å². The van der Waals surface area contributed by atoms with Gasteiger partial charge in [0, 0.05) is 27.4 Å². The van der Waals surface area contributed by atoms with Crippen molar-refractivity contribution in [3.8, 4) is 0 Å². The van der Waals surface area contributed by atoms with Gasteiger partial charge in [-0.1, -0.05) is 18.7 Å². The molecule has 2 N–H and O–H groups in total. The van der Waals surface area contributed by atoms with Crippen molar-refractivity contribution >= 4 is 43.5 Å². The van der Waals surface area contributed by atoms with Crippen LogP contribution in [0, 0.1) is 0 Å². The zero-order chi connectivity index (χ0) is 21.3. The lowest BCUT2D eigenvalue weighted by Crippen LogP contribution is -2.69. The SMILES string of the molecule is C=C[Si]1(C)CCCCN[Si](C)(CC[Si](C)(C)O[Si]CC[Si](OC)(OC)OC)N1. The molecule has 2 unspecified atom stereocenters. The molecule has 1 aliphatic heterocycles. The highest BCUT2D eigenvalue weighted by molar-refractivity contribution is 6.94. The molecular weight excluding hydrogens is 437 g/mol. The Morgan fingerprint density at radius 2 is 1.71 bits per heavy atom. The molecule has 2 atom stereocenters. The highest BCUT2D eigenvalue weighted by Crippen LogP contribution is 2.24. The van der Waals surface area contributed by atoms with Crippen molar-refractivity contribution in [1.82, 2.24) is 9.63 Å². The quantitative estimate of drug-likeness (QED) is 0.331. The van der Waals surface area contributed by atoms with Crippen molar-refractivity contribution in [3.63, 3.8) is 0 Å². The summed E-state index contributed by atoms with van der Waals surface area (Å²) in [6.07, 6.45) is 2.59. The molecule has 1 fully saturated rings. The van der Waals surface area contributed by atoms with E-state index in [2.05, 4.69) is 48.1 Å². The minimum Gasteiger partial charge on any atom is -0.456 e. The first kappa shape index (κ1) is 26.6. The van der Waals surface area contributed by atoms with E-state index in [0.29, 0.717) is 9.76 Å². The van der Waals surface area contributed by atoms with E-state index in [1.807, 2.05) is 0 Å². The van der Waals surface area contributed by atoms with E-state index in [4.69, 9.17) is 17.4 Å². The number of nitrogens with one attached hydrogen (secondary N) is 2. The lowest BCUT2D eigenvalue weighted by atomic mass is 10.3. The van der Waals surface area contributed by atoms with Crippen LogP contribution in [-0.2, 0) is 17.4 Å². The third kappa shape index (κ3) is 8.75. The molecular formula is C17H42N2O4Si5. The van der Waals surface area contributed by atoms with Crippen LogP contribution in [0.2, 0.25) is 56.4 Å². The van der Waals surface area contributed by atoms with Crippen LogP contribution < -0.4 is 9.63 Å². The van der Waals surface area contributed by atoms with Gasteiger partial charge in [-0.3, -0.25) is 0 Å². The Balaban J connectivity index is 2.53. The molecule has 1 aliphatic rings. The second-order valence-corrected chi connectivity index (χ2v) is 25.7. The van der Waals surface area contributed by atoms with Crippen molar-refractivity contribution in [2.24, 2.45) is 0 Å². The zero-order valence-electron chi connectivity index (χ0n) is 19.1. The summed E-state index contributed by atoms with van der Waals surface area (Å²) in [4.78, 5) is 3.91. The van der Waals surface area contributed by atoms with Gasteiger partial charge in [-0.2, -0.15) is 0 Å². The van der Waals surface area contributed by atoms with Crippen LogP contribution in [0.3, 0.4) is 0 Å². The van der Waals surface area contributed by atoms with Gasteiger partial charge in [0.2, 0.25) is 9.76 Å². The zero-order valence-corrected chi connectivity index (χ0v) is 24.1. The van der Waals surface area contributed by atoms with E-state index in [9.17, 15) is 0 Å². The van der Waals surface area contributed by atoms with Gasteiger partial charge in [-0.15, -0.1) is 6.58 Å². The molecule has 28 heavy (non-hydrogen) atoms. The van der Waals surface area contributed by atoms with E-state index in [1.54, 1.807) is 21.3 Å². The molecule has 0 aromatic carbocycles. The van der Waals surface area contributed by atoms with Gasteiger partial charge in [-0.05, 0) is 56.8 Å². The first-order valence-electron chi connectivity index (χ1n) is 10.3. The molecule has 0 saturated carbocycles. The fourth-order valence-corrected chi connectivity index (χ4v) is 22.1. The molecule has 0 bridgehead atoms. The van der Waals surface area contributed by atoms with Crippen molar-refractivity contribution in [3.05, 3.63) is 12.3 Å². The van der Waals surface area contributed by atoms with Gasteiger partial charge < -0.3 is 27.0 Å². The largest absolute Gasteiger partial charge is 0.499 e. The summed E-state index contributed by atoms with van der Waals surface area (Å²) < 4.78 is 27.0. The van der Waals surface area contributed by atoms with E-state index in [1.165, 1.54) is 31.0 Å². The Morgan fingerprint density at radius 3 is 2.29 bits per heavy atom. The Kier molecular flexibility index (Phi) is 11.3. The van der Waals surface area contributed by atoms with Crippen molar-refractivity contribution in [2.75, 3.05) is 27.9 Å². The summed E-state index contributed by atoms with van der Waals surface area (Å²) in [5, 5.41) is 0. The smallest absolute Gasteiger partial charge is 0.456 e. The highest BCUT2D eigenvalue weighted by Gasteiger charge is 2.40. The number of hydrogen-bond acceptors (Lipinski definition) is 6. The molecule has 6 nitrogen and oxygen atoms in total. The van der Waals surface area contributed by atoms with Gasteiger partial charge in [0.05, 0.1) is 0 Å². The molecule has 164 valence electrons. The molecule has 1 heterocycles. The van der Waals surface area contributed by atoms with E-state index < -0.39 is 33.8 Å². The van der Waals surface area contributed by atoms with Crippen LogP contribution >= 0.6 is 0 Å². The average Bonchev–Trinajstić information content (AvgIpc) is 2.66. The van der Waals surface area contributed by atoms with Crippen LogP contribution in [0.15, 0.2) is 12.3 Å². The van der Waals surface area contributed by atoms with Crippen LogP contribution in [0.25, 0.3) is 0 Å². The number of rotatable bonds is 12. The average molecular weight is 479 g/mol. The lowest BCUT2D eigenvalue weighted by Gasteiger charge is -2.41. The first-order valence-corrected chi connectivity index (χ1v) is 22.0. The second kappa shape index (κ2) is 11.8. The normalized spacial score (nSPS) is 27.2. The first-order chi connectivity index (χ1) is 13.1. The number of hydrogen-bond donors (Lipinski definition) is 2. The maximum atomic E-state index is 6.41. The van der Waals surface area contributed by atoms with E-state index >= 15 is 0 Å². The van der Waals surface area contributed by atoms with E-state index in [-0.39, 0.29) is 0 Å². The minimum atomic E-state index is -2.48. The van der Waals surface area contributed by atoms with Crippen molar-refractivity contribution in [1.29, 1.82) is 0 Å². The maximum absolute atomic E-state index is 6.41. The van der Waals surface area contributed by atoms with Crippen LogP contribution in [0.1, 0.15) is 12.8 Å². The van der Waals surface area contributed by atoms with Gasteiger partial charge in [0.1, 0.15) is 8.24 Å². The minimum absolute atomic E-state index is 0.485. The molecule has 11 heteroatoms. The molecule has 0 spiro atoms. The lowest BCUT2D eigenvalue weighted by molar-refractivity contribution is 0.125. The maximum Gasteiger partial charge on any atom is 0.499 e. The second-order valence-electron chi connectivity index (χ2n) is 8.76. The summed E-state index contributed by atoms with van der Waals surface area (Å²) >= 11 is 0. The predicted molar refractivity (Wildman–Crippen MR) is 129 cm³/mol. The van der Waals surface area contributed by atoms with Gasteiger partial charge in [0.25, 0.3) is 0 Å². The standard InChI is InChI=1S/C17H42N2O4Si5/c1-9-26(7)14-11-10-12-18-27(8,19-26)17-16-25(5,6)23-24-13-15-28(20-2,21-3)22-4/h9,18-19H,1,10-17H2,2-8H3. The van der Waals surface area contributed by atoms with Gasteiger partial charge in [-0.25, -0.2) is 0 Å². The Labute approximate surface area is 179 Å². The predicted octanol–water partition coefficient (Wildman–Crippen LogP) is 3.47. The molecule has 0 aromatic rings. The monoisotopic (exact) mass is 478 g/mol. The van der Waals surface area contributed by atoms with Crippen LogP contribution in [-0.4, -0.2) is 71.4 Å². The summed E-state index contributed by atoms with van der Waals surface area (Å²) in [6.45, 7) is 14.9. The molecule has 2 radical (unpaired) electrons. The Hall–Kier alpha value is 0.584. The molecule has 0 aliphatic carbocycles. The summed E-state index contributed by atoms with van der Waals surface area (Å²) in [7, 11) is -1.90. The molecule has 1 saturated heterocycles. The Morgan fingerprint density at radius 1 is 1.07 bits per heavy atom. The molecule has 0 aromatic heterocycles. The third-order valence-electron chi connectivity index (χ3n) is 5.69. The van der Waals surface area contributed by atoms with E-state index in [0.717, 1.165) is 18.6 Å².